The van der Waals surface area contributed by atoms with E-state index in [1.54, 1.807) is 24.3 Å². The number of halogens is 3. The fourth-order valence-corrected chi connectivity index (χ4v) is 1.85. The van der Waals surface area contributed by atoms with Crippen LogP contribution < -0.4 is 10.5 Å². The Morgan fingerprint density at radius 3 is 2.67 bits per heavy atom. The van der Waals surface area contributed by atoms with Gasteiger partial charge in [0.05, 0.1) is 5.69 Å². The molecule has 2 nitrogen and oxygen atoms in total. The summed E-state index contributed by atoms with van der Waals surface area (Å²) in [7, 11) is 0. The van der Waals surface area contributed by atoms with E-state index >= 15 is 0 Å². The zero-order valence-electron chi connectivity index (χ0n) is 9.29. The quantitative estimate of drug-likeness (QED) is 0.854. The Morgan fingerprint density at radius 2 is 1.94 bits per heavy atom. The van der Waals surface area contributed by atoms with E-state index in [1.807, 2.05) is 0 Å². The molecule has 0 radical (unpaired) electrons. The minimum absolute atomic E-state index is 0.0218. The van der Waals surface area contributed by atoms with Gasteiger partial charge in [-0.25, -0.2) is 4.39 Å². The molecule has 0 saturated heterocycles. The number of anilines is 1. The van der Waals surface area contributed by atoms with E-state index in [9.17, 15) is 4.39 Å². The summed E-state index contributed by atoms with van der Waals surface area (Å²) in [4.78, 5) is 0. The molecule has 0 aliphatic heterocycles. The summed E-state index contributed by atoms with van der Waals surface area (Å²) in [5.41, 5.74) is 6.55. The van der Waals surface area contributed by atoms with Crippen molar-refractivity contribution in [2.75, 3.05) is 5.73 Å². The van der Waals surface area contributed by atoms with E-state index in [2.05, 4.69) is 0 Å². The van der Waals surface area contributed by atoms with E-state index in [-0.39, 0.29) is 18.0 Å². The molecule has 0 spiro atoms. The highest BCUT2D eigenvalue weighted by Crippen LogP contribution is 2.27. The van der Waals surface area contributed by atoms with Crippen molar-refractivity contribution in [2.24, 2.45) is 0 Å². The smallest absolute Gasteiger partial charge is 0.178 e. The molecule has 0 bridgehead atoms. The first-order valence-electron chi connectivity index (χ1n) is 5.18. The lowest BCUT2D eigenvalue weighted by atomic mass is 10.2. The SMILES string of the molecule is Nc1cccc(F)c1OCc1cc(Cl)ccc1Cl. The van der Waals surface area contributed by atoms with E-state index in [1.165, 1.54) is 12.1 Å². The minimum atomic E-state index is -0.506. The molecule has 0 aromatic heterocycles. The monoisotopic (exact) mass is 285 g/mol. The lowest BCUT2D eigenvalue weighted by Gasteiger charge is -2.10. The second-order valence-corrected chi connectivity index (χ2v) is 4.53. The van der Waals surface area contributed by atoms with Gasteiger partial charge in [0.2, 0.25) is 0 Å². The Labute approximate surface area is 114 Å². The Kier molecular flexibility index (Phi) is 3.94. The first-order chi connectivity index (χ1) is 8.58. The van der Waals surface area contributed by atoms with Gasteiger partial charge in [-0.3, -0.25) is 0 Å². The van der Waals surface area contributed by atoms with Crippen LogP contribution in [0.1, 0.15) is 5.56 Å². The number of hydrogen-bond donors (Lipinski definition) is 1. The fraction of sp³-hybridized carbons (Fsp3) is 0.0769. The van der Waals surface area contributed by atoms with Crippen LogP contribution >= 0.6 is 23.2 Å². The molecule has 0 heterocycles. The van der Waals surface area contributed by atoms with Crippen LogP contribution in [0.25, 0.3) is 0 Å². The predicted molar refractivity (Wildman–Crippen MR) is 71.6 cm³/mol. The average molecular weight is 286 g/mol. The van der Waals surface area contributed by atoms with E-state index in [0.717, 1.165) is 0 Å². The molecule has 18 heavy (non-hydrogen) atoms. The number of rotatable bonds is 3. The maximum absolute atomic E-state index is 13.5. The number of ether oxygens (including phenoxy) is 1. The lowest BCUT2D eigenvalue weighted by molar-refractivity contribution is 0.292. The highest BCUT2D eigenvalue weighted by molar-refractivity contribution is 6.33. The summed E-state index contributed by atoms with van der Waals surface area (Å²) in [6.07, 6.45) is 0. The van der Waals surface area contributed by atoms with Crippen molar-refractivity contribution in [1.29, 1.82) is 0 Å². The second-order valence-electron chi connectivity index (χ2n) is 3.68. The van der Waals surface area contributed by atoms with E-state index in [4.69, 9.17) is 33.7 Å². The predicted octanol–water partition coefficient (Wildman–Crippen LogP) is 4.29. The molecule has 0 aliphatic carbocycles. The first kappa shape index (κ1) is 13.0. The largest absolute Gasteiger partial charge is 0.484 e. The van der Waals surface area contributed by atoms with E-state index < -0.39 is 5.82 Å². The van der Waals surface area contributed by atoms with Crippen molar-refractivity contribution in [3.05, 3.63) is 57.8 Å². The molecule has 2 aromatic carbocycles. The van der Waals surface area contributed by atoms with Crippen molar-refractivity contribution >= 4 is 28.9 Å². The summed E-state index contributed by atoms with van der Waals surface area (Å²) in [6.45, 7) is 0.102. The summed E-state index contributed by atoms with van der Waals surface area (Å²) < 4.78 is 18.8. The molecule has 0 saturated carbocycles. The Hall–Kier alpha value is -1.45. The normalized spacial score (nSPS) is 10.4. The highest BCUT2D eigenvalue weighted by atomic mass is 35.5. The lowest BCUT2D eigenvalue weighted by Crippen LogP contribution is -2.01. The molecule has 94 valence electrons. The Balaban J connectivity index is 2.19. The third-order valence-electron chi connectivity index (χ3n) is 2.38. The molecule has 0 unspecified atom stereocenters. The molecule has 0 aliphatic rings. The van der Waals surface area contributed by atoms with Crippen LogP contribution in [-0.4, -0.2) is 0 Å². The summed E-state index contributed by atoms with van der Waals surface area (Å²) in [5, 5.41) is 1.05. The minimum Gasteiger partial charge on any atom is -0.484 e. The molecular weight excluding hydrogens is 276 g/mol. The Morgan fingerprint density at radius 1 is 1.17 bits per heavy atom. The third kappa shape index (κ3) is 2.86. The van der Waals surface area contributed by atoms with Crippen LogP contribution in [0.2, 0.25) is 10.0 Å². The van der Waals surface area contributed by atoms with Gasteiger partial charge in [-0.2, -0.15) is 0 Å². The summed E-state index contributed by atoms with van der Waals surface area (Å²) in [6, 6.07) is 9.37. The van der Waals surface area contributed by atoms with Gasteiger partial charge in [-0.1, -0.05) is 29.3 Å². The topological polar surface area (TPSA) is 35.2 Å². The van der Waals surface area contributed by atoms with Gasteiger partial charge in [0.25, 0.3) is 0 Å². The fourth-order valence-electron chi connectivity index (χ4n) is 1.48. The van der Waals surface area contributed by atoms with Crippen LogP contribution in [0.5, 0.6) is 5.75 Å². The number of nitrogen functional groups attached to an aromatic ring is 1. The Bertz CT molecular complexity index is 555. The van der Waals surface area contributed by atoms with Crippen molar-refractivity contribution in [1.82, 2.24) is 0 Å². The molecular formula is C13H10Cl2FNO. The van der Waals surface area contributed by atoms with Crippen molar-refractivity contribution in [3.8, 4) is 5.75 Å². The number of nitrogens with two attached hydrogens (primary N) is 1. The molecule has 0 amide bonds. The van der Waals surface area contributed by atoms with Gasteiger partial charge in [-0.05, 0) is 30.3 Å². The van der Waals surface area contributed by atoms with E-state index in [0.29, 0.717) is 15.6 Å². The standard InChI is InChI=1S/C13H10Cl2FNO/c14-9-4-5-10(15)8(6-9)7-18-13-11(16)2-1-3-12(13)17/h1-6H,7,17H2. The summed E-state index contributed by atoms with van der Waals surface area (Å²) in [5.74, 6) is -0.485. The van der Waals surface area contributed by atoms with Gasteiger partial charge >= 0.3 is 0 Å². The van der Waals surface area contributed by atoms with Gasteiger partial charge in [0.15, 0.2) is 11.6 Å². The summed E-state index contributed by atoms with van der Waals surface area (Å²) >= 11 is 11.8. The third-order valence-corrected chi connectivity index (χ3v) is 2.98. The van der Waals surface area contributed by atoms with Gasteiger partial charge in [0, 0.05) is 15.6 Å². The highest BCUT2D eigenvalue weighted by Gasteiger charge is 2.09. The zero-order chi connectivity index (χ0) is 13.1. The molecule has 0 fully saturated rings. The van der Waals surface area contributed by atoms with Crippen LogP contribution in [-0.2, 0) is 6.61 Å². The van der Waals surface area contributed by atoms with Crippen LogP contribution in [0.3, 0.4) is 0 Å². The van der Waals surface area contributed by atoms with Crippen LogP contribution in [0.15, 0.2) is 36.4 Å². The maximum atomic E-state index is 13.5. The molecule has 5 heteroatoms. The molecule has 2 N–H and O–H groups in total. The maximum Gasteiger partial charge on any atom is 0.178 e. The van der Waals surface area contributed by atoms with Crippen molar-refractivity contribution < 1.29 is 9.13 Å². The molecule has 2 aromatic rings. The molecule has 0 atom stereocenters. The van der Waals surface area contributed by atoms with Crippen molar-refractivity contribution in [3.63, 3.8) is 0 Å². The van der Waals surface area contributed by atoms with Gasteiger partial charge in [-0.15, -0.1) is 0 Å². The second kappa shape index (κ2) is 5.46. The van der Waals surface area contributed by atoms with Crippen molar-refractivity contribution in [2.45, 2.75) is 6.61 Å². The number of para-hydroxylation sites is 1. The molecule has 2 rings (SSSR count). The van der Waals surface area contributed by atoms with Crippen LogP contribution in [0, 0.1) is 5.82 Å². The number of hydrogen-bond acceptors (Lipinski definition) is 2. The zero-order valence-corrected chi connectivity index (χ0v) is 10.8. The average Bonchev–Trinajstić information content (AvgIpc) is 2.33. The van der Waals surface area contributed by atoms with Gasteiger partial charge < -0.3 is 10.5 Å². The van der Waals surface area contributed by atoms with Gasteiger partial charge in [0.1, 0.15) is 6.61 Å². The number of benzene rings is 2. The van der Waals surface area contributed by atoms with Crippen LogP contribution in [0.4, 0.5) is 10.1 Å². The first-order valence-corrected chi connectivity index (χ1v) is 5.94.